The Labute approximate surface area is 204 Å². The van der Waals surface area contributed by atoms with E-state index in [4.69, 9.17) is 21.7 Å². The number of hydrogen-bond acceptors (Lipinski definition) is 5. The molecule has 3 aromatic carbocycles. The van der Waals surface area contributed by atoms with Crippen molar-refractivity contribution in [1.29, 1.82) is 0 Å². The molecule has 3 N–H and O–H groups in total. The van der Waals surface area contributed by atoms with Gasteiger partial charge in [-0.1, -0.05) is 56.3 Å². The predicted octanol–water partition coefficient (Wildman–Crippen LogP) is 4.10. The maximum Gasteiger partial charge on any atom is 0.276 e. The van der Waals surface area contributed by atoms with Gasteiger partial charge in [-0.2, -0.15) is 0 Å². The van der Waals surface area contributed by atoms with Gasteiger partial charge < -0.3 is 9.47 Å². The molecule has 0 unspecified atom stereocenters. The lowest BCUT2D eigenvalue weighted by molar-refractivity contribution is -0.123. The van der Waals surface area contributed by atoms with Crippen LogP contribution in [0.2, 0.25) is 0 Å². The maximum absolute atomic E-state index is 12.3. The van der Waals surface area contributed by atoms with Crippen LogP contribution in [-0.4, -0.2) is 30.1 Å². The molecule has 0 atom stereocenters. The van der Waals surface area contributed by atoms with Crippen molar-refractivity contribution in [2.45, 2.75) is 13.8 Å². The minimum absolute atomic E-state index is 0.0364. The van der Waals surface area contributed by atoms with E-state index >= 15 is 0 Å². The summed E-state index contributed by atoms with van der Waals surface area (Å²) in [6.45, 7) is 4.50. The fourth-order valence-electron chi connectivity index (χ4n) is 2.86. The molecule has 0 aliphatic heterocycles. The van der Waals surface area contributed by atoms with Crippen LogP contribution in [0, 0.1) is 5.92 Å². The average Bonchev–Trinajstić information content (AvgIpc) is 2.86. The average molecular weight is 478 g/mol. The highest BCUT2D eigenvalue weighted by atomic mass is 32.1. The zero-order valence-corrected chi connectivity index (χ0v) is 19.9. The maximum atomic E-state index is 12.3. The van der Waals surface area contributed by atoms with Crippen molar-refractivity contribution >= 4 is 29.1 Å². The van der Waals surface area contributed by atoms with Gasteiger partial charge >= 0.3 is 0 Å². The van der Waals surface area contributed by atoms with E-state index in [0.29, 0.717) is 29.6 Å². The van der Waals surface area contributed by atoms with Crippen LogP contribution in [-0.2, 0) is 4.79 Å². The Kier molecular flexibility index (Phi) is 8.99. The number of benzene rings is 3. The summed E-state index contributed by atoms with van der Waals surface area (Å²) in [5.74, 6) is 0.805. The molecule has 7 nitrogen and oxygen atoms in total. The van der Waals surface area contributed by atoms with Crippen molar-refractivity contribution in [1.82, 2.24) is 16.2 Å². The molecule has 0 aliphatic carbocycles. The number of ether oxygens (including phenoxy) is 2. The largest absolute Gasteiger partial charge is 0.493 e. The summed E-state index contributed by atoms with van der Waals surface area (Å²) in [6, 6.07) is 24.1. The molecular weight excluding hydrogens is 450 g/mol. The van der Waals surface area contributed by atoms with Gasteiger partial charge in [0, 0.05) is 5.56 Å². The molecule has 0 aromatic heterocycles. The first kappa shape index (κ1) is 24.7. The Morgan fingerprint density at radius 2 is 1.38 bits per heavy atom. The molecule has 3 rings (SSSR count). The van der Waals surface area contributed by atoms with Crippen LogP contribution in [0.1, 0.15) is 24.2 Å². The number of carbonyl (C=O) groups is 2. The van der Waals surface area contributed by atoms with Gasteiger partial charge in [0.2, 0.25) is 0 Å². The van der Waals surface area contributed by atoms with Gasteiger partial charge in [0.25, 0.3) is 11.8 Å². The van der Waals surface area contributed by atoms with Gasteiger partial charge in [-0.15, -0.1) is 0 Å². The Bertz CT molecular complexity index is 1100. The van der Waals surface area contributed by atoms with E-state index in [9.17, 15) is 9.59 Å². The second-order valence-corrected chi connectivity index (χ2v) is 8.27. The van der Waals surface area contributed by atoms with Crippen molar-refractivity contribution in [3.05, 3.63) is 84.4 Å². The third-order valence-electron chi connectivity index (χ3n) is 4.57. The van der Waals surface area contributed by atoms with Crippen molar-refractivity contribution in [3.63, 3.8) is 0 Å². The van der Waals surface area contributed by atoms with Gasteiger partial charge in [0.05, 0.1) is 6.61 Å². The fraction of sp³-hybridized carbons (Fsp3) is 0.192. The van der Waals surface area contributed by atoms with Crippen LogP contribution >= 0.6 is 12.2 Å². The molecule has 0 heterocycles. The van der Waals surface area contributed by atoms with Crippen LogP contribution in [0.4, 0.5) is 0 Å². The standard InChI is InChI=1S/C26H27N3O4S/c1-18(2)16-32-22-14-10-21(11-15-22)25(31)27-26(34)29-28-24(30)17-33-23-12-8-20(9-13-23)19-6-4-3-5-7-19/h3-15,18H,16-17H2,1-2H3,(H,28,30)(H2,27,29,31,34). The Hall–Kier alpha value is -3.91. The summed E-state index contributed by atoms with van der Waals surface area (Å²) < 4.78 is 11.1. The molecule has 2 amide bonds. The van der Waals surface area contributed by atoms with Crippen LogP contribution < -0.4 is 25.6 Å². The Morgan fingerprint density at radius 1 is 0.794 bits per heavy atom. The number of hydrazine groups is 1. The minimum atomic E-state index is -0.449. The summed E-state index contributed by atoms with van der Waals surface area (Å²) >= 11 is 5.06. The van der Waals surface area contributed by atoms with Gasteiger partial charge in [-0.05, 0) is 65.7 Å². The SMILES string of the molecule is CC(C)COc1ccc(C(=O)NC(=S)NNC(=O)COc2ccc(-c3ccccc3)cc2)cc1. The van der Waals surface area contributed by atoms with Gasteiger partial charge in [0.15, 0.2) is 11.7 Å². The second-order valence-electron chi connectivity index (χ2n) is 7.86. The Balaban J connectivity index is 1.38. The van der Waals surface area contributed by atoms with Gasteiger partial charge in [-0.3, -0.25) is 25.8 Å². The highest BCUT2D eigenvalue weighted by molar-refractivity contribution is 7.80. The van der Waals surface area contributed by atoms with E-state index in [0.717, 1.165) is 11.1 Å². The summed E-state index contributed by atoms with van der Waals surface area (Å²) in [7, 11) is 0. The van der Waals surface area contributed by atoms with Crippen molar-refractivity contribution < 1.29 is 19.1 Å². The molecule has 176 valence electrons. The normalized spacial score (nSPS) is 10.3. The van der Waals surface area contributed by atoms with E-state index in [-0.39, 0.29) is 11.7 Å². The third kappa shape index (κ3) is 7.90. The molecule has 0 fully saturated rings. The number of hydrogen-bond donors (Lipinski definition) is 3. The van der Waals surface area contributed by atoms with E-state index in [1.807, 2.05) is 42.5 Å². The van der Waals surface area contributed by atoms with Gasteiger partial charge in [-0.25, -0.2) is 0 Å². The van der Waals surface area contributed by atoms with Crippen LogP contribution in [0.3, 0.4) is 0 Å². The van der Waals surface area contributed by atoms with E-state index in [1.165, 1.54) is 0 Å². The van der Waals surface area contributed by atoms with Crippen LogP contribution in [0.15, 0.2) is 78.9 Å². The monoisotopic (exact) mass is 477 g/mol. The lowest BCUT2D eigenvalue weighted by Crippen LogP contribution is -2.49. The number of amides is 2. The molecule has 0 saturated carbocycles. The summed E-state index contributed by atoms with van der Waals surface area (Å²) in [4.78, 5) is 24.3. The highest BCUT2D eigenvalue weighted by Crippen LogP contribution is 2.22. The number of rotatable bonds is 8. The fourth-order valence-corrected chi connectivity index (χ4v) is 3.00. The number of thiocarbonyl (C=S) groups is 1. The van der Waals surface area contributed by atoms with Crippen LogP contribution in [0.5, 0.6) is 11.5 Å². The number of nitrogens with one attached hydrogen (secondary N) is 3. The van der Waals surface area contributed by atoms with Gasteiger partial charge in [0.1, 0.15) is 11.5 Å². The topological polar surface area (TPSA) is 88.7 Å². The molecular formula is C26H27N3O4S. The van der Waals surface area contributed by atoms with Crippen LogP contribution in [0.25, 0.3) is 11.1 Å². The van der Waals surface area contributed by atoms with Crippen molar-refractivity contribution in [2.75, 3.05) is 13.2 Å². The zero-order valence-electron chi connectivity index (χ0n) is 19.0. The van der Waals surface area contributed by atoms with Crippen molar-refractivity contribution in [2.24, 2.45) is 5.92 Å². The molecule has 0 spiro atoms. The first-order valence-corrected chi connectivity index (χ1v) is 11.2. The summed E-state index contributed by atoms with van der Waals surface area (Å²) in [5.41, 5.74) is 7.45. The first-order chi connectivity index (χ1) is 16.4. The quantitative estimate of drug-likeness (QED) is 0.334. The lowest BCUT2D eigenvalue weighted by atomic mass is 10.1. The first-order valence-electron chi connectivity index (χ1n) is 10.8. The molecule has 0 saturated heterocycles. The van der Waals surface area contributed by atoms with E-state index in [1.54, 1.807) is 36.4 Å². The Morgan fingerprint density at radius 3 is 2.03 bits per heavy atom. The molecule has 8 heteroatoms. The molecule has 0 radical (unpaired) electrons. The third-order valence-corrected chi connectivity index (χ3v) is 4.78. The second kappa shape index (κ2) is 12.4. The smallest absolute Gasteiger partial charge is 0.276 e. The van der Waals surface area contributed by atoms with E-state index < -0.39 is 11.8 Å². The zero-order chi connectivity index (χ0) is 24.3. The molecule has 0 aliphatic rings. The van der Waals surface area contributed by atoms with E-state index in [2.05, 4.69) is 30.0 Å². The summed E-state index contributed by atoms with van der Waals surface area (Å²) in [5, 5.41) is 2.47. The molecule has 0 bridgehead atoms. The lowest BCUT2D eigenvalue weighted by Gasteiger charge is -2.12. The molecule has 34 heavy (non-hydrogen) atoms. The number of carbonyl (C=O) groups excluding carboxylic acids is 2. The minimum Gasteiger partial charge on any atom is -0.493 e. The van der Waals surface area contributed by atoms with Crippen molar-refractivity contribution in [3.8, 4) is 22.6 Å². The highest BCUT2D eigenvalue weighted by Gasteiger charge is 2.10. The predicted molar refractivity (Wildman–Crippen MR) is 135 cm³/mol. The summed E-state index contributed by atoms with van der Waals surface area (Å²) in [6.07, 6.45) is 0. The molecule has 3 aromatic rings.